The minimum absolute atomic E-state index is 0.189. The Labute approximate surface area is 190 Å². The molecule has 1 N–H and O–H groups in total. The standard InChI is InChI=1S/C24H19FN4O3S/c1-33(31,32)22-13-7-17(8-14-22)23-19(15-26-27-24(30)18-5-3-2-4-6-18)16-29(28-23)21-11-9-20(25)10-12-21/h2-16H,1H3,(H,27,30)/b26-15+. The SMILES string of the molecule is CS(=O)(=O)c1ccc(-c2nn(-c3ccc(F)cc3)cc2/C=N/NC(=O)c2ccccc2)cc1. The predicted octanol–water partition coefficient (Wildman–Crippen LogP) is 3.85. The molecule has 0 atom stereocenters. The number of hydrogen-bond acceptors (Lipinski definition) is 5. The summed E-state index contributed by atoms with van der Waals surface area (Å²) in [5, 5.41) is 8.62. The lowest BCUT2D eigenvalue weighted by Gasteiger charge is -2.03. The molecule has 33 heavy (non-hydrogen) atoms. The molecule has 0 saturated heterocycles. The first-order valence-corrected chi connectivity index (χ1v) is 11.7. The van der Waals surface area contributed by atoms with Gasteiger partial charge in [0.15, 0.2) is 9.84 Å². The van der Waals surface area contributed by atoms with E-state index in [2.05, 4.69) is 15.6 Å². The molecule has 7 nitrogen and oxygen atoms in total. The van der Waals surface area contributed by atoms with Crippen molar-refractivity contribution in [3.8, 4) is 16.9 Å². The first-order valence-electron chi connectivity index (χ1n) is 9.86. The normalized spacial score (nSPS) is 11.6. The largest absolute Gasteiger partial charge is 0.271 e. The van der Waals surface area contributed by atoms with Crippen LogP contribution >= 0.6 is 0 Å². The van der Waals surface area contributed by atoms with Crippen LogP contribution in [0.4, 0.5) is 4.39 Å². The molecule has 0 saturated carbocycles. The highest BCUT2D eigenvalue weighted by Crippen LogP contribution is 2.24. The quantitative estimate of drug-likeness (QED) is 0.348. The van der Waals surface area contributed by atoms with Gasteiger partial charge >= 0.3 is 0 Å². The van der Waals surface area contributed by atoms with Crippen LogP contribution in [0, 0.1) is 5.82 Å². The van der Waals surface area contributed by atoms with Crippen molar-refractivity contribution in [3.05, 3.63) is 102 Å². The second kappa shape index (κ2) is 9.17. The van der Waals surface area contributed by atoms with Crippen LogP contribution in [-0.4, -0.2) is 36.6 Å². The van der Waals surface area contributed by atoms with E-state index >= 15 is 0 Å². The van der Waals surface area contributed by atoms with Crippen LogP contribution in [0.5, 0.6) is 0 Å². The third kappa shape index (κ3) is 5.21. The molecule has 0 radical (unpaired) electrons. The molecule has 4 rings (SSSR count). The van der Waals surface area contributed by atoms with Crippen LogP contribution in [0.25, 0.3) is 16.9 Å². The second-order valence-electron chi connectivity index (χ2n) is 7.22. The molecule has 1 heterocycles. The highest BCUT2D eigenvalue weighted by molar-refractivity contribution is 7.90. The molecule has 3 aromatic carbocycles. The maximum Gasteiger partial charge on any atom is 0.271 e. The molecule has 9 heteroatoms. The van der Waals surface area contributed by atoms with Crippen molar-refractivity contribution in [2.45, 2.75) is 4.90 Å². The number of hydrazone groups is 1. The Morgan fingerprint density at radius 2 is 1.67 bits per heavy atom. The molecule has 0 aliphatic heterocycles. The van der Waals surface area contributed by atoms with Crippen molar-refractivity contribution in [1.82, 2.24) is 15.2 Å². The Morgan fingerprint density at radius 1 is 1.00 bits per heavy atom. The van der Waals surface area contributed by atoms with Gasteiger partial charge in [-0.3, -0.25) is 4.79 Å². The van der Waals surface area contributed by atoms with E-state index in [0.29, 0.717) is 28.1 Å². The maximum absolute atomic E-state index is 13.3. The fourth-order valence-corrected chi connectivity index (χ4v) is 3.74. The number of carbonyl (C=O) groups is 1. The highest BCUT2D eigenvalue weighted by Gasteiger charge is 2.13. The molecule has 1 aromatic heterocycles. The van der Waals surface area contributed by atoms with Crippen LogP contribution < -0.4 is 5.43 Å². The summed E-state index contributed by atoms with van der Waals surface area (Å²) >= 11 is 0. The number of carbonyl (C=O) groups excluding carboxylic acids is 1. The average Bonchev–Trinajstić information content (AvgIpc) is 3.23. The molecular weight excluding hydrogens is 443 g/mol. The summed E-state index contributed by atoms with van der Waals surface area (Å²) in [4.78, 5) is 12.4. The van der Waals surface area contributed by atoms with Crippen LogP contribution in [0.1, 0.15) is 15.9 Å². The molecule has 0 bridgehead atoms. The number of nitrogens with zero attached hydrogens (tertiary/aromatic N) is 3. The lowest BCUT2D eigenvalue weighted by molar-refractivity contribution is 0.0955. The number of rotatable bonds is 6. The Bertz CT molecular complexity index is 1410. The third-order valence-corrected chi connectivity index (χ3v) is 5.92. The van der Waals surface area contributed by atoms with Gasteiger partial charge in [0.25, 0.3) is 5.91 Å². The fourth-order valence-electron chi connectivity index (χ4n) is 3.11. The van der Waals surface area contributed by atoms with Crippen molar-refractivity contribution in [2.24, 2.45) is 5.10 Å². The van der Waals surface area contributed by atoms with Crippen LogP contribution in [0.15, 0.2) is 95.1 Å². The van der Waals surface area contributed by atoms with Gasteiger partial charge < -0.3 is 0 Å². The molecule has 0 aliphatic rings. The maximum atomic E-state index is 13.3. The Kier molecular flexibility index (Phi) is 6.14. The molecule has 0 unspecified atom stereocenters. The topological polar surface area (TPSA) is 93.4 Å². The zero-order chi connectivity index (χ0) is 23.4. The smallest absolute Gasteiger partial charge is 0.267 e. The lowest BCUT2D eigenvalue weighted by atomic mass is 10.1. The summed E-state index contributed by atoms with van der Waals surface area (Å²) < 4.78 is 38.4. The molecule has 0 spiro atoms. The van der Waals surface area contributed by atoms with E-state index in [1.54, 1.807) is 59.4 Å². The number of nitrogens with one attached hydrogen (secondary N) is 1. The summed E-state index contributed by atoms with van der Waals surface area (Å²) in [7, 11) is -3.34. The number of amides is 1. The third-order valence-electron chi connectivity index (χ3n) is 4.80. The van der Waals surface area contributed by atoms with Crippen LogP contribution in [0.3, 0.4) is 0 Å². The molecule has 166 valence electrons. The molecule has 0 fully saturated rings. The van der Waals surface area contributed by atoms with Gasteiger partial charge in [-0.05, 0) is 48.5 Å². The van der Waals surface area contributed by atoms with Crippen molar-refractivity contribution in [1.29, 1.82) is 0 Å². The van der Waals surface area contributed by atoms with Crippen molar-refractivity contribution < 1.29 is 17.6 Å². The van der Waals surface area contributed by atoms with E-state index in [1.807, 2.05) is 6.07 Å². The van der Waals surface area contributed by atoms with Gasteiger partial charge in [0.1, 0.15) is 11.5 Å². The van der Waals surface area contributed by atoms with Crippen LogP contribution in [-0.2, 0) is 9.84 Å². The zero-order valence-electron chi connectivity index (χ0n) is 17.5. The summed E-state index contributed by atoms with van der Waals surface area (Å²) in [6.45, 7) is 0. The number of sulfone groups is 1. The summed E-state index contributed by atoms with van der Waals surface area (Å²) in [6.07, 6.45) is 4.28. The Morgan fingerprint density at radius 3 is 2.30 bits per heavy atom. The molecule has 1 amide bonds. The molecule has 4 aromatic rings. The van der Waals surface area contributed by atoms with Gasteiger partial charge in [0.2, 0.25) is 0 Å². The van der Waals surface area contributed by atoms with Gasteiger partial charge in [-0.2, -0.15) is 10.2 Å². The van der Waals surface area contributed by atoms with E-state index in [1.165, 1.54) is 30.5 Å². The number of aromatic nitrogens is 2. The average molecular weight is 463 g/mol. The van der Waals surface area contributed by atoms with Gasteiger partial charge in [0.05, 0.1) is 16.8 Å². The minimum atomic E-state index is -3.34. The van der Waals surface area contributed by atoms with Crippen LogP contribution in [0.2, 0.25) is 0 Å². The van der Waals surface area contributed by atoms with E-state index in [9.17, 15) is 17.6 Å². The fraction of sp³-hybridized carbons (Fsp3) is 0.0417. The molecule has 0 aliphatic carbocycles. The van der Waals surface area contributed by atoms with Gasteiger partial charge in [-0.15, -0.1) is 0 Å². The van der Waals surface area contributed by atoms with Gasteiger partial charge in [0, 0.05) is 29.1 Å². The first-order chi connectivity index (χ1) is 15.8. The second-order valence-corrected chi connectivity index (χ2v) is 9.23. The minimum Gasteiger partial charge on any atom is -0.267 e. The van der Waals surface area contributed by atoms with Gasteiger partial charge in [-0.1, -0.05) is 30.3 Å². The predicted molar refractivity (Wildman–Crippen MR) is 124 cm³/mol. The number of hydrogen-bond donors (Lipinski definition) is 1. The van der Waals surface area contributed by atoms with E-state index in [-0.39, 0.29) is 16.6 Å². The Hall–Kier alpha value is -4.11. The highest BCUT2D eigenvalue weighted by atomic mass is 32.2. The number of halogens is 1. The number of benzene rings is 3. The zero-order valence-corrected chi connectivity index (χ0v) is 18.3. The van der Waals surface area contributed by atoms with Crippen molar-refractivity contribution >= 4 is 22.0 Å². The summed E-state index contributed by atoms with van der Waals surface area (Å²) in [5.74, 6) is -0.732. The van der Waals surface area contributed by atoms with Crippen molar-refractivity contribution in [3.63, 3.8) is 0 Å². The lowest BCUT2D eigenvalue weighted by Crippen LogP contribution is -2.17. The Balaban J connectivity index is 1.68. The van der Waals surface area contributed by atoms with Gasteiger partial charge in [-0.25, -0.2) is 22.9 Å². The summed E-state index contributed by atoms with van der Waals surface area (Å²) in [6, 6.07) is 20.8. The van der Waals surface area contributed by atoms with Crippen molar-refractivity contribution in [2.75, 3.05) is 6.26 Å². The van der Waals surface area contributed by atoms with E-state index < -0.39 is 9.84 Å². The van der Waals surface area contributed by atoms with E-state index in [4.69, 9.17) is 0 Å². The monoisotopic (exact) mass is 462 g/mol. The summed E-state index contributed by atoms with van der Waals surface area (Å²) in [5.41, 5.74) is 5.30. The van der Waals surface area contributed by atoms with E-state index in [0.717, 1.165) is 6.26 Å². The first kappa shape index (κ1) is 22.1. The molecular formula is C24H19FN4O3S.